The number of rotatable bonds is 5. The molecule has 1 unspecified atom stereocenters. The van der Waals surface area contributed by atoms with Crippen molar-refractivity contribution in [3.05, 3.63) is 126 Å². The second-order valence-electron chi connectivity index (χ2n) is 8.22. The molecule has 0 aliphatic heterocycles. The molecule has 4 heteroatoms. The van der Waals surface area contributed by atoms with Gasteiger partial charge in [0.15, 0.2) is 0 Å². The van der Waals surface area contributed by atoms with Crippen molar-refractivity contribution in [3.8, 4) is 5.75 Å². The van der Waals surface area contributed by atoms with Crippen LogP contribution in [0.2, 0.25) is 0 Å². The van der Waals surface area contributed by atoms with Gasteiger partial charge >= 0.3 is 0 Å². The van der Waals surface area contributed by atoms with E-state index in [1.807, 2.05) is 78.9 Å². The third-order valence-corrected chi connectivity index (χ3v) is 8.80. The van der Waals surface area contributed by atoms with Gasteiger partial charge in [-0.05, 0) is 48.7 Å². The zero-order valence-corrected chi connectivity index (χ0v) is 19.5. The maximum absolute atomic E-state index is 14.8. The highest BCUT2D eigenvalue weighted by atomic mass is 31.2. The Labute approximate surface area is 195 Å². The predicted octanol–water partition coefficient (Wildman–Crippen LogP) is 6.14. The summed E-state index contributed by atoms with van der Waals surface area (Å²) < 4.78 is 25.7. The van der Waals surface area contributed by atoms with Crippen LogP contribution in [0.15, 0.2) is 114 Å². The molecule has 1 aliphatic rings. The Hall–Kier alpha value is -3.42. The topological polar surface area (TPSA) is 38.7 Å². The number of fused-ring (bicyclic) bond motifs is 1. The Balaban J connectivity index is 1.78. The van der Waals surface area contributed by atoms with Crippen molar-refractivity contribution in [3.63, 3.8) is 0 Å². The number of ether oxygens (including phenoxy) is 1. The first kappa shape index (κ1) is 21.4. The Morgan fingerprint density at radius 2 is 1.33 bits per heavy atom. The molecule has 5 rings (SSSR count). The van der Waals surface area contributed by atoms with Gasteiger partial charge in [-0.1, -0.05) is 78.9 Å². The standard InChI is InChI=1S/C29H26NO2P/c1-32-28-19-11-18-27-26(28)21-20-25(22-12-5-2-6-13-22)29(27)30-33(31,23-14-7-3-8-15-23)24-16-9-4-10-17-24/h2-19,25H,20-21H2,1H3/b30-29+. The fourth-order valence-corrected chi connectivity index (χ4v) is 6.91. The summed E-state index contributed by atoms with van der Waals surface area (Å²) in [5.74, 6) is 0.924. The van der Waals surface area contributed by atoms with Gasteiger partial charge in [-0.3, -0.25) is 4.57 Å². The second kappa shape index (κ2) is 9.21. The average Bonchev–Trinajstić information content (AvgIpc) is 2.90. The van der Waals surface area contributed by atoms with E-state index >= 15 is 0 Å². The molecule has 0 heterocycles. The van der Waals surface area contributed by atoms with Crippen molar-refractivity contribution in [1.82, 2.24) is 0 Å². The summed E-state index contributed by atoms with van der Waals surface area (Å²) in [7, 11) is -1.58. The Morgan fingerprint density at radius 1 is 0.758 bits per heavy atom. The molecule has 0 aromatic heterocycles. The lowest BCUT2D eigenvalue weighted by Crippen LogP contribution is -2.24. The van der Waals surface area contributed by atoms with Crippen molar-refractivity contribution in [2.45, 2.75) is 18.8 Å². The molecule has 4 aromatic rings. The van der Waals surface area contributed by atoms with Crippen LogP contribution in [0.5, 0.6) is 5.75 Å². The fraction of sp³-hybridized carbons (Fsp3) is 0.138. The average molecular weight is 452 g/mol. The number of benzene rings is 4. The molecular weight excluding hydrogens is 425 g/mol. The molecule has 0 saturated carbocycles. The van der Waals surface area contributed by atoms with Crippen molar-refractivity contribution in [1.29, 1.82) is 0 Å². The van der Waals surface area contributed by atoms with E-state index in [9.17, 15) is 4.57 Å². The molecule has 4 aromatic carbocycles. The van der Waals surface area contributed by atoms with E-state index in [2.05, 4.69) is 30.3 Å². The van der Waals surface area contributed by atoms with E-state index in [1.165, 1.54) is 5.56 Å². The van der Waals surface area contributed by atoms with Gasteiger partial charge in [-0.15, -0.1) is 0 Å². The van der Waals surface area contributed by atoms with Gasteiger partial charge in [0.05, 0.1) is 12.8 Å². The zero-order valence-electron chi connectivity index (χ0n) is 18.6. The number of hydrogen-bond donors (Lipinski definition) is 0. The minimum absolute atomic E-state index is 0.0616. The lowest BCUT2D eigenvalue weighted by atomic mass is 9.78. The van der Waals surface area contributed by atoms with Crippen LogP contribution in [0.3, 0.4) is 0 Å². The van der Waals surface area contributed by atoms with Crippen LogP contribution in [0.1, 0.15) is 29.0 Å². The van der Waals surface area contributed by atoms with E-state index in [0.29, 0.717) is 0 Å². The second-order valence-corrected chi connectivity index (χ2v) is 10.6. The highest BCUT2D eigenvalue weighted by Gasteiger charge is 2.34. The third-order valence-electron chi connectivity index (χ3n) is 6.30. The molecule has 3 nitrogen and oxygen atoms in total. The summed E-state index contributed by atoms with van der Waals surface area (Å²) in [6.07, 6.45) is 1.78. The molecule has 0 spiro atoms. The normalized spacial score (nSPS) is 16.9. The third kappa shape index (κ3) is 4.05. The Kier molecular flexibility index (Phi) is 5.98. The molecule has 0 N–H and O–H groups in total. The maximum atomic E-state index is 14.8. The summed E-state index contributed by atoms with van der Waals surface area (Å²) in [6.45, 7) is 0. The van der Waals surface area contributed by atoms with Gasteiger partial charge < -0.3 is 4.74 Å². The number of nitrogens with zero attached hydrogens (tertiary/aromatic N) is 1. The van der Waals surface area contributed by atoms with Crippen LogP contribution in [-0.2, 0) is 11.0 Å². The molecule has 33 heavy (non-hydrogen) atoms. The maximum Gasteiger partial charge on any atom is 0.247 e. The van der Waals surface area contributed by atoms with Crippen molar-refractivity contribution in [2.24, 2.45) is 4.76 Å². The first-order valence-corrected chi connectivity index (χ1v) is 12.9. The molecule has 0 fully saturated rings. The van der Waals surface area contributed by atoms with Gasteiger partial charge in [-0.25, -0.2) is 4.76 Å². The number of hydrogen-bond acceptors (Lipinski definition) is 2. The molecule has 0 amide bonds. The minimum Gasteiger partial charge on any atom is -0.496 e. The van der Waals surface area contributed by atoms with Crippen LogP contribution in [0, 0.1) is 0 Å². The molecule has 1 aliphatic carbocycles. The van der Waals surface area contributed by atoms with Crippen LogP contribution < -0.4 is 15.3 Å². The smallest absolute Gasteiger partial charge is 0.247 e. The van der Waals surface area contributed by atoms with E-state index in [0.717, 1.165) is 46.0 Å². The highest BCUT2D eigenvalue weighted by Crippen LogP contribution is 2.48. The van der Waals surface area contributed by atoms with E-state index in [4.69, 9.17) is 9.50 Å². The summed E-state index contributed by atoms with van der Waals surface area (Å²) in [5, 5.41) is 1.48. The summed E-state index contributed by atoms with van der Waals surface area (Å²) in [4.78, 5) is 0. The summed E-state index contributed by atoms with van der Waals surface area (Å²) >= 11 is 0. The van der Waals surface area contributed by atoms with Gasteiger partial charge in [-0.2, -0.15) is 0 Å². The number of methoxy groups -OCH3 is 1. The van der Waals surface area contributed by atoms with E-state index in [-0.39, 0.29) is 5.92 Å². The fourth-order valence-electron chi connectivity index (χ4n) is 4.68. The lowest BCUT2D eigenvalue weighted by Gasteiger charge is -2.30. The van der Waals surface area contributed by atoms with Crippen LogP contribution >= 0.6 is 7.29 Å². The predicted molar refractivity (Wildman–Crippen MR) is 137 cm³/mol. The van der Waals surface area contributed by atoms with Gasteiger partial charge in [0.25, 0.3) is 0 Å². The van der Waals surface area contributed by atoms with Gasteiger partial charge in [0, 0.05) is 27.7 Å². The van der Waals surface area contributed by atoms with Crippen molar-refractivity contribution in [2.75, 3.05) is 7.11 Å². The van der Waals surface area contributed by atoms with Crippen LogP contribution in [0.4, 0.5) is 0 Å². The molecule has 1 atom stereocenters. The molecule has 164 valence electrons. The minimum atomic E-state index is -3.28. The Bertz CT molecular complexity index is 1270. The Morgan fingerprint density at radius 3 is 1.91 bits per heavy atom. The van der Waals surface area contributed by atoms with Gasteiger partial charge in [0.1, 0.15) is 5.75 Å². The summed E-state index contributed by atoms with van der Waals surface area (Å²) in [6, 6.07) is 35.8. The lowest BCUT2D eigenvalue weighted by molar-refractivity contribution is 0.408. The highest BCUT2D eigenvalue weighted by molar-refractivity contribution is 7.77. The van der Waals surface area contributed by atoms with Gasteiger partial charge in [0.2, 0.25) is 7.29 Å². The SMILES string of the molecule is COc1cccc2c1CCC(c1ccccc1)/C2=N\P(=O)(c1ccccc1)c1ccccc1. The molecule has 0 radical (unpaired) electrons. The van der Waals surface area contributed by atoms with Crippen LogP contribution in [-0.4, -0.2) is 12.8 Å². The first-order valence-electron chi connectivity index (χ1n) is 11.2. The summed E-state index contributed by atoms with van der Waals surface area (Å²) in [5.41, 5.74) is 4.23. The largest absolute Gasteiger partial charge is 0.496 e. The quantitative estimate of drug-likeness (QED) is 0.342. The van der Waals surface area contributed by atoms with E-state index in [1.54, 1.807) is 7.11 Å². The first-order chi connectivity index (χ1) is 16.2. The molecule has 0 saturated heterocycles. The van der Waals surface area contributed by atoms with E-state index < -0.39 is 7.29 Å². The zero-order chi connectivity index (χ0) is 22.7. The van der Waals surface area contributed by atoms with Crippen LogP contribution in [0.25, 0.3) is 0 Å². The van der Waals surface area contributed by atoms with Crippen molar-refractivity contribution < 1.29 is 9.30 Å². The van der Waals surface area contributed by atoms with Crippen molar-refractivity contribution >= 4 is 23.6 Å². The molecular formula is C29H26NO2P. The molecule has 0 bridgehead atoms. The monoisotopic (exact) mass is 451 g/mol.